The quantitative estimate of drug-likeness (QED) is 0.750. The summed E-state index contributed by atoms with van der Waals surface area (Å²) in [6.45, 7) is 2.13. The van der Waals surface area contributed by atoms with E-state index in [4.69, 9.17) is 0 Å². The molecule has 0 aliphatic heterocycles. The van der Waals surface area contributed by atoms with Crippen molar-refractivity contribution in [3.63, 3.8) is 0 Å². The molecule has 2 heteroatoms. The molecule has 78 valence electrons. The zero-order valence-electron chi connectivity index (χ0n) is 8.90. The summed E-state index contributed by atoms with van der Waals surface area (Å²) in [5.74, 6) is 0. The van der Waals surface area contributed by atoms with Gasteiger partial charge in [-0.1, -0.05) is 43.7 Å². The summed E-state index contributed by atoms with van der Waals surface area (Å²) in [4.78, 5) is 0. The minimum Gasteiger partial charge on any atom is -0.387 e. The summed E-state index contributed by atoms with van der Waals surface area (Å²) in [5, 5.41) is 13.2. The molecule has 2 atom stereocenters. The predicted octanol–water partition coefficient (Wildman–Crippen LogP) is 2.11. The SMILES string of the molecule is CCC[C@@H](NC)[C@@H](O)c1ccccc1. The van der Waals surface area contributed by atoms with Gasteiger partial charge in [-0.2, -0.15) is 0 Å². The molecule has 0 heterocycles. The molecule has 0 fully saturated rings. The second-order valence-corrected chi connectivity index (χ2v) is 3.54. The Kier molecular flexibility index (Phi) is 4.63. The van der Waals surface area contributed by atoms with Crippen LogP contribution < -0.4 is 5.32 Å². The van der Waals surface area contributed by atoms with Crippen LogP contribution in [0, 0.1) is 0 Å². The van der Waals surface area contributed by atoms with Gasteiger partial charge in [-0.05, 0) is 19.0 Å². The lowest BCUT2D eigenvalue weighted by Gasteiger charge is -2.22. The first-order valence-electron chi connectivity index (χ1n) is 5.19. The Morgan fingerprint density at radius 1 is 1.29 bits per heavy atom. The molecular weight excluding hydrogens is 174 g/mol. The van der Waals surface area contributed by atoms with Crippen LogP contribution in [0.1, 0.15) is 31.4 Å². The fourth-order valence-electron chi connectivity index (χ4n) is 1.65. The van der Waals surface area contributed by atoms with Crippen molar-refractivity contribution in [2.75, 3.05) is 7.05 Å². The Morgan fingerprint density at radius 2 is 1.93 bits per heavy atom. The number of aliphatic hydroxyl groups is 1. The predicted molar refractivity (Wildman–Crippen MR) is 59.2 cm³/mol. The van der Waals surface area contributed by atoms with Gasteiger partial charge in [-0.25, -0.2) is 0 Å². The standard InChI is InChI=1S/C12H19NO/c1-3-7-11(13-2)12(14)10-8-5-4-6-9-10/h4-6,8-9,11-14H,3,7H2,1-2H3/t11-,12+/m1/s1. The lowest BCUT2D eigenvalue weighted by atomic mass is 9.99. The molecule has 14 heavy (non-hydrogen) atoms. The molecule has 0 radical (unpaired) electrons. The molecule has 0 amide bonds. The average molecular weight is 193 g/mol. The third kappa shape index (κ3) is 2.82. The molecule has 0 aliphatic carbocycles. The molecule has 0 aliphatic rings. The fourth-order valence-corrected chi connectivity index (χ4v) is 1.65. The van der Waals surface area contributed by atoms with E-state index < -0.39 is 6.10 Å². The van der Waals surface area contributed by atoms with Crippen molar-refractivity contribution in [1.29, 1.82) is 0 Å². The van der Waals surface area contributed by atoms with Crippen LogP contribution in [0.4, 0.5) is 0 Å². The zero-order valence-corrected chi connectivity index (χ0v) is 8.90. The highest BCUT2D eigenvalue weighted by atomic mass is 16.3. The van der Waals surface area contributed by atoms with Crippen LogP contribution in [0.5, 0.6) is 0 Å². The van der Waals surface area contributed by atoms with Gasteiger partial charge in [0.2, 0.25) is 0 Å². The van der Waals surface area contributed by atoms with Crippen LogP contribution in [0.2, 0.25) is 0 Å². The van der Waals surface area contributed by atoms with Gasteiger partial charge in [0, 0.05) is 6.04 Å². The minimum absolute atomic E-state index is 0.155. The van der Waals surface area contributed by atoms with Crippen LogP contribution in [0.25, 0.3) is 0 Å². The average Bonchev–Trinajstić information content (AvgIpc) is 2.26. The highest BCUT2D eigenvalue weighted by Gasteiger charge is 2.17. The lowest BCUT2D eigenvalue weighted by molar-refractivity contribution is 0.127. The third-order valence-corrected chi connectivity index (χ3v) is 2.49. The lowest BCUT2D eigenvalue weighted by Crippen LogP contribution is -2.31. The minimum atomic E-state index is -0.402. The van der Waals surface area contributed by atoms with Crippen molar-refractivity contribution in [3.05, 3.63) is 35.9 Å². The molecule has 0 unspecified atom stereocenters. The second-order valence-electron chi connectivity index (χ2n) is 3.54. The monoisotopic (exact) mass is 193 g/mol. The molecule has 0 spiro atoms. The summed E-state index contributed by atoms with van der Waals surface area (Å²) < 4.78 is 0. The molecule has 0 saturated carbocycles. The van der Waals surface area contributed by atoms with Gasteiger partial charge in [-0.3, -0.25) is 0 Å². The number of hydrogen-bond acceptors (Lipinski definition) is 2. The van der Waals surface area contributed by atoms with E-state index in [0.29, 0.717) is 0 Å². The van der Waals surface area contributed by atoms with Gasteiger partial charge in [0.05, 0.1) is 6.10 Å². The van der Waals surface area contributed by atoms with E-state index in [1.54, 1.807) is 0 Å². The first kappa shape index (κ1) is 11.2. The van der Waals surface area contributed by atoms with Gasteiger partial charge in [0.15, 0.2) is 0 Å². The topological polar surface area (TPSA) is 32.3 Å². The second kappa shape index (κ2) is 5.78. The molecule has 0 bridgehead atoms. The number of nitrogens with one attached hydrogen (secondary N) is 1. The summed E-state index contributed by atoms with van der Waals surface area (Å²) in [7, 11) is 1.90. The normalized spacial score (nSPS) is 15.1. The van der Waals surface area contributed by atoms with E-state index in [1.165, 1.54) is 0 Å². The Labute approximate surface area is 86.0 Å². The highest BCUT2D eigenvalue weighted by molar-refractivity contribution is 5.18. The van der Waals surface area contributed by atoms with Gasteiger partial charge in [-0.15, -0.1) is 0 Å². The summed E-state index contributed by atoms with van der Waals surface area (Å²) >= 11 is 0. The van der Waals surface area contributed by atoms with E-state index in [9.17, 15) is 5.11 Å². The first-order valence-corrected chi connectivity index (χ1v) is 5.19. The largest absolute Gasteiger partial charge is 0.387 e. The first-order chi connectivity index (χ1) is 6.79. The molecule has 1 aromatic carbocycles. The van der Waals surface area contributed by atoms with Crippen molar-refractivity contribution >= 4 is 0 Å². The van der Waals surface area contributed by atoms with E-state index in [-0.39, 0.29) is 6.04 Å². The van der Waals surface area contributed by atoms with E-state index >= 15 is 0 Å². The maximum Gasteiger partial charge on any atom is 0.0942 e. The third-order valence-electron chi connectivity index (χ3n) is 2.49. The Bertz CT molecular complexity index is 248. The van der Waals surface area contributed by atoms with Crippen LogP contribution in [0.3, 0.4) is 0 Å². The summed E-state index contributed by atoms with van der Waals surface area (Å²) in [6, 6.07) is 9.95. The zero-order chi connectivity index (χ0) is 10.4. The van der Waals surface area contributed by atoms with Crippen molar-refractivity contribution in [2.45, 2.75) is 31.9 Å². The van der Waals surface area contributed by atoms with E-state index in [2.05, 4.69) is 12.2 Å². The molecule has 1 rings (SSSR count). The van der Waals surface area contributed by atoms with Crippen LogP contribution in [0.15, 0.2) is 30.3 Å². The number of likely N-dealkylation sites (N-methyl/N-ethyl adjacent to an activating group) is 1. The Balaban J connectivity index is 2.67. The van der Waals surface area contributed by atoms with Crippen LogP contribution in [-0.4, -0.2) is 18.2 Å². The van der Waals surface area contributed by atoms with E-state index in [0.717, 1.165) is 18.4 Å². The molecule has 2 N–H and O–H groups in total. The summed E-state index contributed by atoms with van der Waals surface area (Å²) in [6.07, 6.45) is 1.67. The Morgan fingerprint density at radius 3 is 2.43 bits per heavy atom. The highest BCUT2D eigenvalue weighted by Crippen LogP contribution is 2.18. The van der Waals surface area contributed by atoms with Gasteiger partial charge >= 0.3 is 0 Å². The molecule has 0 saturated heterocycles. The molecular formula is C12H19NO. The smallest absolute Gasteiger partial charge is 0.0942 e. The maximum absolute atomic E-state index is 10.0. The fraction of sp³-hybridized carbons (Fsp3) is 0.500. The van der Waals surface area contributed by atoms with Gasteiger partial charge < -0.3 is 10.4 Å². The number of aliphatic hydroxyl groups excluding tert-OH is 1. The van der Waals surface area contributed by atoms with Crippen molar-refractivity contribution in [2.24, 2.45) is 0 Å². The van der Waals surface area contributed by atoms with E-state index in [1.807, 2.05) is 37.4 Å². The van der Waals surface area contributed by atoms with Gasteiger partial charge in [0.1, 0.15) is 0 Å². The number of rotatable bonds is 5. The van der Waals surface area contributed by atoms with Crippen LogP contribution >= 0.6 is 0 Å². The molecule has 0 aromatic heterocycles. The number of hydrogen-bond donors (Lipinski definition) is 2. The van der Waals surface area contributed by atoms with Crippen molar-refractivity contribution in [1.82, 2.24) is 5.32 Å². The summed E-state index contributed by atoms with van der Waals surface area (Å²) in [5.41, 5.74) is 0.986. The molecule has 2 nitrogen and oxygen atoms in total. The maximum atomic E-state index is 10.0. The molecule has 1 aromatic rings. The van der Waals surface area contributed by atoms with Crippen molar-refractivity contribution < 1.29 is 5.11 Å². The van der Waals surface area contributed by atoms with Crippen LogP contribution in [-0.2, 0) is 0 Å². The van der Waals surface area contributed by atoms with Crippen molar-refractivity contribution in [3.8, 4) is 0 Å². The Hall–Kier alpha value is -0.860. The number of benzene rings is 1. The van der Waals surface area contributed by atoms with Gasteiger partial charge in [0.25, 0.3) is 0 Å².